The Labute approximate surface area is 120 Å². The lowest BCUT2D eigenvalue weighted by atomic mass is 10.2. The Morgan fingerprint density at radius 3 is 2.95 bits per heavy atom. The minimum absolute atomic E-state index is 0.0659. The number of aliphatic hydroxyl groups is 1. The first kappa shape index (κ1) is 13.3. The topological polar surface area (TPSA) is 70.1 Å². The zero-order valence-electron chi connectivity index (χ0n) is 10.9. The number of ether oxygens (including phenoxy) is 1. The highest BCUT2D eigenvalue weighted by Gasteiger charge is 2.32. The summed E-state index contributed by atoms with van der Waals surface area (Å²) in [5.41, 5.74) is 1.57. The maximum absolute atomic E-state index is 11.7. The lowest BCUT2D eigenvalue weighted by Crippen LogP contribution is -2.31. The number of carbonyl (C=O) groups excluding carboxylic acids is 2. The average Bonchev–Trinajstić information content (AvgIpc) is 2.84. The van der Waals surface area contributed by atoms with Gasteiger partial charge >= 0.3 is 6.09 Å². The van der Waals surface area contributed by atoms with Crippen LogP contribution >= 0.6 is 11.8 Å². The van der Waals surface area contributed by atoms with E-state index >= 15 is 0 Å². The van der Waals surface area contributed by atoms with Gasteiger partial charge in [0, 0.05) is 17.6 Å². The molecular weight excluding hydrogens is 280 g/mol. The minimum Gasteiger partial charge on any atom is -0.441 e. The van der Waals surface area contributed by atoms with Gasteiger partial charge in [-0.15, -0.1) is 11.8 Å². The molecule has 0 aromatic heterocycles. The Bertz CT molecular complexity index is 577. The maximum Gasteiger partial charge on any atom is 0.414 e. The Balaban J connectivity index is 1.90. The lowest BCUT2D eigenvalue weighted by molar-refractivity contribution is -0.116. The molecule has 1 atom stereocenters. The van der Waals surface area contributed by atoms with Crippen molar-refractivity contribution in [3.8, 4) is 0 Å². The van der Waals surface area contributed by atoms with E-state index in [-0.39, 0.29) is 12.5 Å². The fourth-order valence-electron chi connectivity index (χ4n) is 2.26. The summed E-state index contributed by atoms with van der Waals surface area (Å²) < 4.78 is 5.03. The van der Waals surface area contributed by atoms with Gasteiger partial charge in [-0.1, -0.05) is 0 Å². The fourth-order valence-corrected chi connectivity index (χ4v) is 3.29. The zero-order chi connectivity index (χ0) is 14.3. The number of fused-ring (bicyclic) bond motifs is 1. The van der Waals surface area contributed by atoms with Gasteiger partial charge < -0.3 is 14.7 Å². The van der Waals surface area contributed by atoms with Gasteiger partial charge in [0.15, 0.2) is 0 Å². The van der Waals surface area contributed by atoms with E-state index in [2.05, 4.69) is 0 Å². The quantitative estimate of drug-likeness (QED) is 0.883. The van der Waals surface area contributed by atoms with E-state index < -0.39 is 12.2 Å². The molecule has 1 N–H and O–H groups in total. The number of anilines is 2. The van der Waals surface area contributed by atoms with E-state index in [0.717, 1.165) is 16.3 Å². The van der Waals surface area contributed by atoms with Crippen LogP contribution < -0.4 is 9.80 Å². The summed E-state index contributed by atoms with van der Waals surface area (Å²) in [6.45, 7) is 0.159. The van der Waals surface area contributed by atoms with Crippen LogP contribution in [0.5, 0.6) is 0 Å². The molecular formula is C13H14N2O4S. The van der Waals surface area contributed by atoms with E-state index in [4.69, 9.17) is 9.84 Å². The number of rotatable bonds is 2. The van der Waals surface area contributed by atoms with Crippen LogP contribution in [0, 0.1) is 0 Å². The molecule has 1 aromatic carbocycles. The van der Waals surface area contributed by atoms with Crippen molar-refractivity contribution in [2.45, 2.75) is 11.0 Å². The van der Waals surface area contributed by atoms with E-state index in [1.165, 1.54) is 16.7 Å². The standard InChI is InChI=1S/C13H14N2O4S/c1-14-10-3-2-8(4-11(10)20-7-12(14)17)15-5-9(6-16)19-13(15)18/h2-4,9,16H,5-7H2,1H3/t9-/m1/s1. The molecule has 2 heterocycles. The molecule has 2 aliphatic rings. The molecule has 1 fully saturated rings. The summed E-state index contributed by atoms with van der Waals surface area (Å²) in [5, 5.41) is 9.05. The van der Waals surface area contributed by atoms with Crippen molar-refractivity contribution in [1.82, 2.24) is 0 Å². The molecule has 2 amide bonds. The molecule has 0 spiro atoms. The second kappa shape index (κ2) is 4.99. The predicted molar refractivity (Wildman–Crippen MR) is 75.3 cm³/mol. The van der Waals surface area contributed by atoms with Crippen LogP contribution in [-0.2, 0) is 9.53 Å². The van der Waals surface area contributed by atoms with Crippen LogP contribution in [0.2, 0.25) is 0 Å². The minimum atomic E-state index is -0.476. The molecule has 106 valence electrons. The van der Waals surface area contributed by atoms with Crippen LogP contribution in [0.4, 0.5) is 16.2 Å². The number of carbonyl (C=O) groups is 2. The van der Waals surface area contributed by atoms with Gasteiger partial charge in [-0.25, -0.2) is 4.79 Å². The zero-order valence-corrected chi connectivity index (χ0v) is 11.7. The molecule has 0 unspecified atom stereocenters. The smallest absolute Gasteiger partial charge is 0.414 e. The number of thioether (sulfide) groups is 1. The Morgan fingerprint density at radius 1 is 1.45 bits per heavy atom. The summed E-state index contributed by atoms with van der Waals surface area (Å²) >= 11 is 1.46. The van der Waals surface area contributed by atoms with Crippen LogP contribution in [0.15, 0.2) is 23.1 Å². The molecule has 0 bridgehead atoms. The first-order chi connectivity index (χ1) is 9.60. The summed E-state index contributed by atoms with van der Waals surface area (Å²) in [4.78, 5) is 27.5. The second-order valence-corrected chi connectivity index (χ2v) is 5.71. The van der Waals surface area contributed by atoms with Gasteiger partial charge in [0.05, 0.1) is 24.6 Å². The van der Waals surface area contributed by atoms with Crippen molar-refractivity contribution in [2.75, 3.05) is 35.8 Å². The third kappa shape index (κ3) is 2.12. The largest absolute Gasteiger partial charge is 0.441 e. The van der Waals surface area contributed by atoms with Gasteiger partial charge in [-0.2, -0.15) is 0 Å². The molecule has 3 rings (SSSR count). The van der Waals surface area contributed by atoms with Crippen LogP contribution in [0.1, 0.15) is 0 Å². The highest BCUT2D eigenvalue weighted by Crippen LogP contribution is 2.37. The van der Waals surface area contributed by atoms with E-state index in [9.17, 15) is 9.59 Å². The molecule has 7 heteroatoms. The highest BCUT2D eigenvalue weighted by atomic mass is 32.2. The first-order valence-corrected chi connectivity index (χ1v) is 7.21. The Hall–Kier alpha value is -1.73. The van der Waals surface area contributed by atoms with Gasteiger partial charge in [0.2, 0.25) is 5.91 Å². The average molecular weight is 294 g/mol. The third-order valence-electron chi connectivity index (χ3n) is 3.42. The number of nitrogens with zero attached hydrogens (tertiary/aromatic N) is 2. The van der Waals surface area contributed by atoms with Gasteiger partial charge in [0.25, 0.3) is 0 Å². The highest BCUT2D eigenvalue weighted by molar-refractivity contribution is 8.00. The number of hydrogen-bond donors (Lipinski definition) is 1. The molecule has 1 aromatic rings. The number of amides is 2. The van der Waals surface area contributed by atoms with E-state index in [0.29, 0.717) is 12.3 Å². The molecule has 0 aliphatic carbocycles. The molecule has 20 heavy (non-hydrogen) atoms. The Kier molecular flexibility index (Phi) is 3.31. The normalized spacial score (nSPS) is 22.0. The van der Waals surface area contributed by atoms with E-state index in [1.54, 1.807) is 18.0 Å². The van der Waals surface area contributed by atoms with Crippen molar-refractivity contribution in [1.29, 1.82) is 0 Å². The lowest BCUT2D eigenvalue weighted by Gasteiger charge is -2.26. The summed E-state index contributed by atoms with van der Waals surface area (Å²) in [6.07, 6.45) is -0.926. The van der Waals surface area contributed by atoms with Crippen molar-refractivity contribution in [2.24, 2.45) is 0 Å². The van der Waals surface area contributed by atoms with Crippen LogP contribution in [0.25, 0.3) is 0 Å². The third-order valence-corrected chi connectivity index (χ3v) is 4.45. The SMILES string of the molecule is CN1C(=O)CSc2cc(N3C[C@H](CO)OC3=O)ccc21. The maximum atomic E-state index is 11.7. The van der Waals surface area contributed by atoms with Gasteiger partial charge in [-0.3, -0.25) is 9.69 Å². The first-order valence-electron chi connectivity index (χ1n) is 6.22. The van der Waals surface area contributed by atoms with Gasteiger partial charge in [-0.05, 0) is 18.2 Å². The van der Waals surface area contributed by atoms with Crippen molar-refractivity contribution in [3.63, 3.8) is 0 Å². The van der Waals surface area contributed by atoms with Gasteiger partial charge in [0.1, 0.15) is 6.10 Å². The fraction of sp³-hybridized carbons (Fsp3) is 0.385. The van der Waals surface area contributed by atoms with E-state index in [1.807, 2.05) is 12.1 Å². The molecule has 1 saturated heterocycles. The summed E-state index contributed by atoms with van der Waals surface area (Å²) in [6, 6.07) is 5.49. The summed E-state index contributed by atoms with van der Waals surface area (Å²) in [7, 11) is 1.74. The molecule has 6 nitrogen and oxygen atoms in total. The van der Waals surface area contributed by atoms with Crippen molar-refractivity contribution in [3.05, 3.63) is 18.2 Å². The molecule has 2 aliphatic heterocycles. The number of aliphatic hydroxyl groups excluding tert-OH is 1. The molecule has 0 radical (unpaired) electrons. The molecule has 0 saturated carbocycles. The Morgan fingerprint density at radius 2 is 2.25 bits per heavy atom. The van der Waals surface area contributed by atoms with Crippen molar-refractivity contribution < 1.29 is 19.4 Å². The monoisotopic (exact) mass is 294 g/mol. The second-order valence-electron chi connectivity index (χ2n) is 4.69. The summed E-state index contributed by atoms with van der Waals surface area (Å²) in [5.74, 6) is 0.465. The van der Waals surface area contributed by atoms with Crippen molar-refractivity contribution >= 4 is 35.1 Å². The number of benzene rings is 1. The number of cyclic esters (lactones) is 1. The van der Waals surface area contributed by atoms with Crippen LogP contribution in [0.3, 0.4) is 0 Å². The number of hydrogen-bond acceptors (Lipinski definition) is 5. The predicted octanol–water partition coefficient (Wildman–Crippen LogP) is 1.07. The van der Waals surface area contributed by atoms with Crippen LogP contribution in [-0.4, -0.2) is 49.2 Å².